The lowest BCUT2D eigenvalue weighted by Crippen LogP contribution is -2.36. The zero-order valence-corrected chi connectivity index (χ0v) is 8.48. The fraction of sp³-hybridized carbons (Fsp3) is 0.800. The van der Waals surface area contributed by atoms with Crippen LogP contribution in [-0.4, -0.2) is 42.6 Å². The van der Waals surface area contributed by atoms with Gasteiger partial charge in [0.05, 0.1) is 6.10 Å². The van der Waals surface area contributed by atoms with Gasteiger partial charge in [-0.2, -0.15) is 0 Å². The first kappa shape index (κ1) is 10.4. The summed E-state index contributed by atoms with van der Waals surface area (Å²) in [6, 6.07) is 0. The molecule has 5 nitrogen and oxygen atoms in total. The van der Waals surface area contributed by atoms with Crippen molar-refractivity contribution in [3.8, 4) is 0 Å². The fourth-order valence-electron chi connectivity index (χ4n) is 2.14. The number of nitrogens with zero attached hydrogens (tertiary/aromatic N) is 1. The van der Waals surface area contributed by atoms with Gasteiger partial charge in [0.25, 0.3) is 0 Å². The van der Waals surface area contributed by atoms with Crippen molar-refractivity contribution in [3.63, 3.8) is 0 Å². The van der Waals surface area contributed by atoms with Crippen LogP contribution in [-0.2, 0) is 14.3 Å². The highest BCUT2D eigenvalue weighted by Gasteiger charge is 2.32. The molecule has 5 heteroatoms. The Labute approximate surface area is 88.0 Å². The molecule has 0 aromatic heterocycles. The molecule has 2 saturated heterocycles. The van der Waals surface area contributed by atoms with Crippen molar-refractivity contribution in [2.45, 2.75) is 25.4 Å². The van der Waals surface area contributed by atoms with Crippen LogP contribution < -0.4 is 5.11 Å². The van der Waals surface area contributed by atoms with E-state index in [1.54, 1.807) is 4.90 Å². The minimum atomic E-state index is -1.13. The van der Waals surface area contributed by atoms with Gasteiger partial charge in [-0.05, 0) is 12.8 Å². The molecule has 0 aromatic carbocycles. The second-order valence-electron chi connectivity index (χ2n) is 4.15. The van der Waals surface area contributed by atoms with E-state index in [0.29, 0.717) is 6.54 Å². The van der Waals surface area contributed by atoms with E-state index in [1.807, 2.05) is 0 Å². The lowest BCUT2D eigenvalue weighted by atomic mass is 10.1. The number of likely N-dealkylation sites (tertiary alicyclic amines) is 1. The van der Waals surface area contributed by atoms with Crippen LogP contribution in [0.1, 0.15) is 19.3 Å². The van der Waals surface area contributed by atoms with E-state index in [1.165, 1.54) is 0 Å². The molecule has 2 aliphatic heterocycles. The van der Waals surface area contributed by atoms with Crippen LogP contribution in [0.15, 0.2) is 0 Å². The monoisotopic (exact) mass is 212 g/mol. The first-order valence-electron chi connectivity index (χ1n) is 5.27. The average molecular weight is 212 g/mol. The molecule has 84 valence electrons. The molecular formula is C10H14NO4-. The zero-order valence-electron chi connectivity index (χ0n) is 8.48. The molecular weight excluding hydrogens is 198 g/mol. The Morgan fingerprint density at radius 1 is 1.60 bits per heavy atom. The van der Waals surface area contributed by atoms with Gasteiger partial charge < -0.3 is 19.5 Å². The fourth-order valence-corrected chi connectivity index (χ4v) is 2.14. The topological polar surface area (TPSA) is 69.7 Å². The number of rotatable bonds is 3. The summed E-state index contributed by atoms with van der Waals surface area (Å²) in [5.41, 5.74) is 0. The number of carbonyl (C=O) groups excluding carboxylic acids is 2. The quantitative estimate of drug-likeness (QED) is 0.587. The van der Waals surface area contributed by atoms with Crippen LogP contribution in [0.2, 0.25) is 0 Å². The highest BCUT2D eigenvalue weighted by atomic mass is 16.5. The molecule has 0 aliphatic carbocycles. The Morgan fingerprint density at radius 3 is 2.93 bits per heavy atom. The SMILES string of the molecule is O=C([O-])[C@H]1CC(=O)N(C[C@@H]2CCCO2)C1. The van der Waals surface area contributed by atoms with Crippen molar-refractivity contribution in [1.29, 1.82) is 0 Å². The number of ether oxygens (including phenoxy) is 1. The maximum Gasteiger partial charge on any atom is 0.223 e. The summed E-state index contributed by atoms with van der Waals surface area (Å²) in [6.45, 7) is 1.56. The van der Waals surface area contributed by atoms with Gasteiger partial charge in [0, 0.05) is 38.0 Å². The highest BCUT2D eigenvalue weighted by Crippen LogP contribution is 2.20. The molecule has 0 spiro atoms. The van der Waals surface area contributed by atoms with Gasteiger partial charge >= 0.3 is 0 Å². The molecule has 1 amide bonds. The van der Waals surface area contributed by atoms with Gasteiger partial charge in [0.15, 0.2) is 0 Å². The van der Waals surface area contributed by atoms with E-state index in [-0.39, 0.29) is 25.0 Å². The maximum atomic E-state index is 11.5. The van der Waals surface area contributed by atoms with Crippen molar-refractivity contribution >= 4 is 11.9 Å². The number of hydrogen-bond acceptors (Lipinski definition) is 4. The van der Waals surface area contributed by atoms with Crippen LogP contribution >= 0.6 is 0 Å². The molecule has 0 bridgehead atoms. The molecule has 0 N–H and O–H groups in total. The van der Waals surface area contributed by atoms with Crippen LogP contribution in [0, 0.1) is 5.92 Å². The molecule has 0 aromatic rings. The Hall–Kier alpha value is -1.10. The summed E-state index contributed by atoms with van der Waals surface area (Å²) in [4.78, 5) is 23.6. The van der Waals surface area contributed by atoms with Gasteiger partial charge in [-0.3, -0.25) is 4.79 Å². The molecule has 2 heterocycles. The van der Waals surface area contributed by atoms with Crippen molar-refractivity contribution in [2.24, 2.45) is 5.92 Å². The molecule has 15 heavy (non-hydrogen) atoms. The summed E-state index contributed by atoms with van der Waals surface area (Å²) in [6.07, 6.45) is 2.15. The van der Waals surface area contributed by atoms with Crippen molar-refractivity contribution in [3.05, 3.63) is 0 Å². The summed E-state index contributed by atoms with van der Waals surface area (Å²) in [7, 11) is 0. The van der Waals surface area contributed by atoms with Crippen LogP contribution in [0.25, 0.3) is 0 Å². The zero-order chi connectivity index (χ0) is 10.8. The number of aliphatic carboxylic acids is 1. The molecule has 2 aliphatic rings. The first-order chi connectivity index (χ1) is 7.16. The smallest absolute Gasteiger partial charge is 0.223 e. The van der Waals surface area contributed by atoms with Gasteiger partial charge in [-0.15, -0.1) is 0 Å². The van der Waals surface area contributed by atoms with Gasteiger partial charge in [-0.25, -0.2) is 0 Å². The maximum absolute atomic E-state index is 11.5. The third-order valence-corrected chi connectivity index (χ3v) is 3.00. The minimum Gasteiger partial charge on any atom is -0.550 e. The van der Waals surface area contributed by atoms with E-state index < -0.39 is 11.9 Å². The molecule has 0 saturated carbocycles. The molecule has 2 rings (SSSR count). The number of carboxylic acids is 1. The summed E-state index contributed by atoms with van der Waals surface area (Å²) < 4.78 is 5.40. The van der Waals surface area contributed by atoms with Crippen LogP contribution in [0.3, 0.4) is 0 Å². The lowest BCUT2D eigenvalue weighted by molar-refractivity contribution is -0.311. The minimum absolute atomic E-state index is 0.0784. The van der Waals surface area contributed by atoms with E-state index >= 15 is 0 Å². The first-order valence-corrected chi connectivity index (χ1v) is 5.27. The lowest BCUT2D eigenvalue weighted by Gasteiger charge is -2.20. The Morgan fingerprint density at radius 2 is 2.40 bits per heavy atom. The van der Waals surface area contributed by atoms with Crippen LogP contribution in [0.5, 0.6) is 0 Å². The van der Waals surface area contributed by atoms with E-state index in [0.717, 1.165) is 19.4 Å². The predicted octanol–water partition coefficient (Wildman–Crippen LogP) is -1.24. The molecule has 2 atom stereocenters. The van der Waals surface area contributed by atoms with Gasteiger partial charge in [0.2, 0.25) is 5.91 Å². The Bertz CT molecular complexity index is 273. The van der Waals surface area contributed by atoms with Crippen molar-refractivity contribution < 1.29 is 19.4 Å². The molecule has 2 fully saturated rings. The summed E-state index contributed by atoms with van der Waals surface area (Å²) >= 11 is 0. The van der Waals surface area contributed by atoms with Gasteiger partial charge in [-0.1, -0.05) is 0 Å². The van der Waals surface area contributed by atoms with E-state index in [4.69, 9.17) is 4.74 Å². The third-order valence-electron chi connectivity index (χ3n) is 3.00. The van der Waals surface area contributed by atoms with Crippen molar-refractivity contribution in [1.82, 2.24) is 4.90 Å². The number of hydrogen-bond donors (Lipinski definition) is 0. The standard InChI is InChI=1S/C10H15NO4/c12-9-4-7(10(13)14)5-11(9)6-8-2-1-3-15-8/h7-8H,1-6H2,(H,13,14)/p-1/t7-,8-/m0/s1. The van der Waals surface area contributed by atoms with E-state index in [9.17, 15) is 14.7 Å². The summed E-state index contributed by atoms with van der Waals surface area (Å²) in [5.74, 6) is -1.86. The Kier molecular flexibility index (Phi) is 2.90. The Balaban J connectivity index is 1.87. The number of carboxylic acid groups (broad SMARTS) is 1. The third kappa shape index (κ3) is 2.28. The average Bonchev–Trinajstić information content (AvgIpc) is 2.77. The number of amides is 1. The van der Waals surface area contributed by atoms with Crippen molar-refractivity contribution in [2.75, 3.05) is 19.7 Å². The highest BCUT2D eigenvalue weighted by molar-refractivity contribution is 5.85. The summed E-state index contributed by atoms with van der Waals surface area (Å²) in [5, 5.41) is 10.6. The molecule has 0 radical (unpaired) electrons. The van der Waals surface area contributed by atoms with Gasteiger partial charge in [0.1, 0.15) is 0 Å². The molecule has 0 unspecified atom stereocenters. The number of carbonyl (C=O) groups is 2. The van der Waals surface area contributed by atoms with E-state index in [2.05, 4.69) is 0 Å². The largest absolute Gasteiger partial charge is 0.550 e. The van der Waals surface area contributed by atoms with Crippen LogP contribution in [0.4, 0.5) is 0 Å². The second-order valence-corrected chi connectivity index (χ2v) is 4.15. The predicted molar refractivity (Wildman–Crippen MR) is 48.7 cm³/mol. The second kappa shape index (κ2) is 4.18. The normalized spacial score (nSPS) is 31.2.